The fraction of sp³-hybridized carbons (Fsp3) is 0.222. The monoisotopic (exact) mass is 351 g/mol. The SMILES string of the molecule is O=C1Cc2ccc(C3=NNC(=NCCc4cccnc4)SC3)cc2N1. The van der Waals surface area contributed by atoms with E-state index >= 15 is 0 Å². The largest absolute Gasteiger partial charge is 0.326 e. The number of aliphatic imine (C=N–C) groups is 1. The molecule has 0 spiro atoms. The number of hydrogen-bond acceptors (Lipinski definition) is 5. The Morgan fingerprint density at radius 1 is 1.28 bits per heavy atom. The van der Waals surface area contributed by atoms with Crippen LogP contribution in [0.4, 0.5) is 5.69 Å². The molecule has 1 aromatic carbocycles. The van der Waals surface area contributed by atoms with Gasteiger partial charge in [-0.15, -0.1) is 0 Å². The molecule has 126 valence electrons. The van der Waals surface area contributed by atoms with Gasteiger partial charge < -0.3 is 5.32 Å². The first-order valence-electron chi connectivity index (χ1n) is 8.10. The van der Waals surface area contributed by atoms with Crippen molar-refractivity contribution in [1.82, 2.24) is 10.4 Å². The summed E-state index contributed by atoms with van der Waals surface area (Å²) in [7, 11) is 0. The number of carbonyl (C=O) groups excluding carboxylic acids is 1. The maximum Gasteiger partial charge on any atom is 0.228 e. The number of nitrogens with zero attached hydrogens (tertiary/aromatic N) is 3. The van der Waals surface area contributed by atoms with Crippen molar-refractivity contribution in [3.63, 3.8) is 0 Å². The molecule has 6 nitrogen and oxygen atoms in total. The lowest BCUT2D eigenvalue weighted by Crippen LogP contribution is -2.25. The zero-order valence-corrected chi connectivity index (χ0v) is 14.3. The number of aromatic nitrogens is 1. The molecule has 0 saturated heterocycles. The second kappa shape index (κ2) is 7.06. The second-order valence-corrected chi connectivity index (χ2v) is 6.82. The highest BCUT2D eigenvalue weighted by Crippen LogP contribution is 2.25. The number of amides is 1. The molecular weight excluding hydrogens is 334 g/mol. The predicted molar refractivity (Wildman–Crippen MR) is 101 cm³/mol. The third-order valence-corrected chi connectivity index (χ3v) is 4.99. The lowest BCUT2D eigenvalue weighted by Gasteiger charge is -2.15. The molecule has 1 amide bonds. The highest BCUT2D eigenvalue weighted by molar-refractivity contribution is 8.14. The van der Waals surface area contributed by atoms with Gasteiger partial charge in [0.05, 0.1) is 12.1 Å². The number of amidine groups is 1. The molecule has 2 aliphatic heterocycles. The van der Waals surface area contributed by atoms with Crippen LogP contribution < -0.4 is 10.7 Å². The lowest BCUT2D eigenvalue weighted by atomic mass is 10.1. The number of benzene rings is 1. The number of carbonyl (C=O) groups is 1. The number of nitrogens with one attached hydrogen (secondary N) is 2. The van der Waals surface area contributed by atoms with Crippen molar-refractivity contribution < 1.29 is 4.79 Å². The first-order chi connectivity index (χ1) is 12.3. The van der Waals surface area contributed by atoms with Gasteiger partial charge in [0.1, 0.15) is 0 Å². The Morgan fingerprint density at radius 2 is 2.24 bits per heavy atom. The number of thioether (sulfide) groups is 1. The Kier molecular flexibility index (Phi) is 4.47. The number of anilines is 1. The summed E-state index contributed by atoms with van der Waals surface area (Å²) in [4.78, 5) is 20.1. The van der Waals surface area contributed by atoms with Crippen molar-refractivity contribution >= 4 is 34.2 Å². The van der Waals surface area contributed by atoms with Crippen LogP contribution in [-0.4, -0.2) is 34.1 Å². The minimum atomic E-state index is 0.0493. The van der Waals surface area contributed by atoms with Crippen LogP contribution in [0.25, 0.3) is 0 Å². The molecule has 3 heterocycles. The maximum absolute atomic E-state index is 11.5. The number of hydrazone groups is 1. The van der Waals surface area contributed by atoms with Gasteiger partial charge in [0.2, 0.25) is 5.91 Å². The van der Waals surface area contributed by atoms with Gasteiger partial charge >= 0.3 is 0 Å². The van der Waals surface area contributed by atoms with Gasteiger partial charge in [0.15, 0.2) is 5.17 Å². The van der Waals surface area contributed by atoms with Gasteiger partial charge in [0.25, 0.3) is 0 Å². The average molecular weight is 351 g/mol. The summed E-state index contributed by atoms with van der Waals surface area (Å²) in [5.41, 5.74) is 8.13. The van der Waals surface area contributed by atoms with E-state index in [2.05, 4.69) is 31.9 Å². The number of pyridine rings is 1. The van der Waals surface area contributed by atoms with E-state index in [1.54, 1.807) is 18.0 Å². The molecule has 25 heavy (non-hydrogen) atoms. The van der Waals surface area contributed by atoms with Gasteiger partial charge in [-0.05, 0) is 29.7 Å². The third-order valence-electron chi connectivity index (χ3n) is 4.08. The normalized spacial score (nSPS) is 17.7. The van der Waals surface area contributed by atoms with Gasteiger partial charge in [0, 0.05) is 35.9 Å². The third kappa shape index (κ3) is 3.71. The lowest BCUT2D eigenvalue weighted by molar-refractivity contribution is -0.115. The molecule has 0 bridgehead atoms. The van der Waals surface area contributed by atoms with E-state index < -0.39 is 0 Å². The molecule has 2 aromatic rings. The Morgan fingerprint density at radius 3 is 3.04 bits per heavy atom. The van der Waals surface area contributed by atoms with E-state index in [1.165, 1.54) is 5.56 Å². The van der Waals surface area contributed by atoms with Crippen LogP contribution in [0.1, 0.15) is 16.7 Å². The summed E-state index contributed by atoms with van der Waals surface area (Å²) < 4.78 is 0. The van der Waals surface area contributed by atoms with Crippen LogP contribution in [-0.2, 0) is 17.6 Å². The summed E-state index contributed by atoms with van der Waals surface area (Å²) >= 11 is 1.64. The second-order valence-electron chi connectivity index (χ2n) is 5.85. The van der Waals surface area contributed by atoms with Crippen molar-refractivity contribution in [1.29, 1.82) is 0 Å². The van der Waals surface area contributed by atoms with Crippen molar-refractivity contribution in [3.05, 3.63) is 59.4 Å². The van der Waals surface area contributed by atoms with Crippen molar-refractivity contribution in [2.24, 2.45) is 10.1 Å². The Bertz CT molecular complexity index is 863. The van der Waals surface area contributed by atoms with Gasteiger partial charge in [-0.2, -0.15) is 5.10 Å². The maximum atomic E-state index is 11.5. The van der Waals surface area contributed by atoms with Gasteiger partial charge in [-0.1, -0.05) is 30.0 Å². The summed E-state index contributed by atoms with van der Waals surface area (Å²) in [5, 5.41) is 8.16. The molecule has 0 atom stereocenters. The molecule has 1 aromatic heterocycles. The minimum absolute atomic E-state index is 0.0493. The molecular formula is C18H17N5OS. The fourth-order valence-corrected chi connectivity index (χ4v) is 3.57. The summed E-state index contributed by atoms with van der Waals surface area (Å²) in [6.07, 6.45) is 4.96. The fourth-order valence-electron chi connectivity index (χ4n) is 2.77. The van der Waals surface area contributed by atoms with E-state index in [1.807, 2.05) is 30.5 Å². The van der Waals surface area contributed by atoms with Crippen LogP contribution in [0.15, 0.2) is 52.8 Å². The van der Waals surface area contributed by atoms with Crippen molar-refractivity contribution in [2.75, 3.05) is 17.6 Å². The van der Waals surface area contributed by atoms with Crippen molar-refractivity contribution in [2.45, 2.75) is 12.8 Å². The molecule has 0 saturated carbocycles. The topological polar surface area (TPSA) is 78.7 Å². The predicted octanol–water partition coefficient (Wildman–Crippen LogP) is 2.22. The standard InChI is InChI=1S/C18H17N5OS/c24-17-9-14-4-3-13(8-15(14)21-17)16-11-25-18(23-22-16)20-7-5-12-2-1-6-19-10-12/h1-4,6,8,10H,5,7,9,11H2,(H,20,23)(H,21,24). The van der Waals surface area contributed by atoms with E-state index in [0.29, 0.717) is 13.0 Å². The van der Waals surface area contributed by atoms with Crippen molar-refractivity contribution in [3.8, 4) is 0 Å². The van der Waals surface area contributed by atoms with Crippen LogP contribution in [0, 0.1) is 0 Å². The number of hydrogen-bond donors (Lipinski definition) is 2. The molecule has 2 aliphatic rings. The van der Waals surface area contributed by atoms with Crippen LogP contribution >= 0.6 is 11.8 Å². The zero-order chi connectivity index (χ0) is 17.1. The number of fused-ring (bicyclic) bond motifs is 1. The summed E-state index contributed by atoms with van der Waals surface area (Å²) in [6, 6.07) is 9.99. The van der Waals surface area contributed by atoms with Gasteiger partial charge in [-0.3, -0.25) is 20.2 Å². The summed E-state index contributed by atoms with van der Waals surface area (Å²) in [5.74, 6) is 0.805. The molecule has 7 heteroatoms. The van der Waals surface area contributed by atoms with Gasteiger partial charge in [-0.25, -0.2) is 0 Å². The van der Waals surface area contributed by atoms with Crippen LogP contribution in [0.2, 0.25) is 0 Å². The van der Waals surface area contributed by atoms with E-state index in [-0.39, 0.29) is 5.91 Å². The molecule has 0 fully saturated rings. The quantitative estimate of drug-likeness (QED) is 0.885. The smallest absolute Gasteiger partial charge is 0.228 e. The zero-order valence-electron chi connectivity index (χ0n) is 13.5. The van der Waals surface area contributed by atoms with E-state index in [4.69, 9.17) is 0 Å². The molecule has 2 N–H and O–H groups in total. The number of rotatable bonds is 4. The molecule has 0 unspecified atom stereocenters. The van der Waals surface area contributed by atoms with E-state index in [0.717, 1.165) is 39.9 Å². The molecule has 4 rings (SSSR count). The first-order valence-corrected chi connectivity index (χ1v) is 9.08. The highest BCUT2D eigenvalue weighted by Gasteiger charge is 2.20. The highest BCUT2D eigenvalue weighted by atomic mass is 32.2. The van der Waals surface area contributed by atoms with Crippen LogP contribution in [0.5, 0.6) is 0 Å². The Hall–Kier alpha value is -2.67. The minimum Gasteiger partial charge on any atom is -0.326 e. The molecule has 0 radical (unpaired) electrons. The Balaban J connectivity index is 1.38. The van der Waals surface area contributed by atoms with Crippen LogP contribution in [0.3, 0.4) is 0 Å². The summed E-state index contributed by atoms with van der Waals surface area (Å²) in [6.45, 7) is 0.705. The van der Waals surface area contributed by atoms with E-state index in [9.17, 15) is 4.79 Å². The first kappa shape index (κ1) is 15.8. The Labute approximate surface area is 149 Å². The molecule has 0 aliphatic carbocycles. The average Bonchev–Trinajstić information content (AvgIpc) is 3.02.